The molecule has 4 rings (SSSR count). The van der Waals surface area contributed by atoms with Gasteiger partial charge in [0.1, 0.15) is 12.2 Å². The fraction of sp³-hybridized carbons (Fsp3) is 0.607. The van der Waals surface area contributed by atoms with Crippen LogP contribution in [-0.4, -0.2) is 59.3 Å². The van der Waals surface area contributed by atoms with Crippen LogP contribution in [0, 0.1) is 17.2 Å². The van der Waals surface area contributed by atoms with Crippen molar-refractivity contribution in [1.82, 2.24) is 10.3 Å². The van der Waals surface area contributed by atoms with Crippen LogP contribution in [0.15, 0.2) is 33.0 Å². The molecule has 0 unspecified atom stereocenters. The molecule has 1 aliphatic heterocycles. The number of oxazole rings is 1. The molecule has 1 aliphatic carbocycles. The first-order valence-electron chi connectivity index (χ1n) is 13.4. The van der Waals surface area contributed by atoms with Gasteiger partial charge in [0, 0.05) is 60.1 Å². The molecule has 1 amide bonds. The van der Waals surface area contributed by atoms with Gasteiger partial charge in [0.05, 0.1) is 11.8 Å². The lowest BCUT2D eigenvalue weighted by atomic mass is 9.75. The van der Waals surface area contributed by atoms with Crippen molar-refractivity contribution in [1.29, 1.82) is 5.26 Å². The summed E-state index contributed by atoms with van der Waals surface area (Å²) >= 11 is 0. The van der Waals surface area contributed by atoms with Gasteiger partial charge in [-0.15, -0.1) is 10.1 Å². The second-order valence-electron chi connectivity index (χ2n) is 11.5. The van der Waals surface area contributed by atoms with Crippen molar-refractivity contribution in [2.75, 3.05) is 36.5 Å². The molecule has 4 atom stereocenters. The number of benzene rings is 1. The lowest BCUT2D eigenvalue weighted by Gasteiger charge is -2.37. The van der Waals surface area contributed by atoms with E-state index in [4.69, 9.17) is 9.40 Å². The standard InChI is InChI=1S/C28H40FN5O3S/c1-18(17-30)32-26(35)23-16-20(29)8-11-22(23)24-25(37-27(33-24)28(2,3)4)19-6-9-21(10-7-19)34-12-14-38(36,31-5)15-13-34/h6-7,9-10,18,20,22-23,38H,8,11-16H2,1-5H3,(H,31,36)(H,32,35)/t18-,20-,22+,23+/m0/s1. The van der Waals surface area contributed by atoms with Crippen molar-refractivity contribution in [3.63, 3.8) is 0 Å². The molecule has 38 heavy (non-hydrogen) atoms. The van der Waals surface area contributed by atoms with Crippen molar-refractivity contribution in [2.24, 2.45) is 10.3 Å². The quantitative estimate of drug-likeness (QED) is 0.461. The number of anilines is 1. The zero-order chi connectivity index (χ0) is 27.7. The average Bonchev–Trinajstić information content (AvgIpc) is 3.35. The molecule has 1 saturated heterocycles. The van der Waals surface area contributed by atoms with E-state index in [1.807, 2.05) is 51.1 Å². The number of halogens is 1. The van der Waals surface area contributed by atoms with Crippen molar-refractivity contribution in [3.05, 3.63) is 35.9 Å². The van der Waals surface area contributed by atoms with Crippen molar-refractivity contribution >= 4 is 21.7 Å². The van der Waals surface area contributed by atoms with Gasteiger partial charge in [0.2, 0.25) is 11.8 Å². The first kappa shape index (κ1) is 28.2. The van der Waals surface area contributed by atoms with Crippen LogP contribution >= 0.6 is 0 Å². The zero-order valence-electron chi connectivity index (χ0n) is 22.9. The molecule has 2 fully saturated rings. The van der Waals surface area contributed by atoms with Crippen LogP contribution in [0.2, 0.25) is 0 Å². The summed E-state index contributed by atoms with van der Waals surface area (Å²) in [6, 6.07) is 9.45. The number of nitrogens with zero attached hydrogens (tertiary/aromatic N) is 4. The van der Waals surface area contributed by atoms with Gasteiger partial charge in [-0.1, -0.05) is 20.8 Å². The number of carbonyl (C=O) groups is 1. The van der Waals surface area contributed by atoms with Crippen LogP contribution in [0.4, 0.5) is 10.1 Å². The van der Waals surface area contributed by atoms with Gasteiger partial charge < -0.3 is 19.2 Å². The SMILES string of the molecule is CN=[SH]1(O)CCN(c2ccc(-c3oc(C(C)(C)C)nc3[C@@H]3CC[C@H](F)C[C@H]3C(=O)N[C@@H](C)C#N)cc2)CC1. The number of alkyl halides is 1. The second-order valence-corrected chi connectivity index (χ2v) is 14.6. The van der Waals surface area contributed by atoms with Crippen LogP contribution in [0.3, 0.4) is 0 Å². The van der Waals surface area contributed by atoms with E-state index in [1.54, 1.807) is 14.0 Å². The largest absolute Gasteiger partial charge is 0.440 e. The van der Waals surface area contributed by atoms with Gasteiger partial charge in [-0.3, -0.25) is 9.16 Å². The monoisotopic (exact) mass is 545 g/mol. The van der Waals surface area contributed by atoms with Crippen molar-refractivity contribution in [2.45, 2.75) is 70.5 Å². The van der Waals surface area contributed by atoms with Gasteiger partial charge in [-0.05, 0) is 50.5 Å². The van der Waals surface area contributed by atoms with Crippen molar-refractivity contribution in [3.8, 4) is 17.4 Å². The van der Waals surface area contributed by atoms with E-state index in [1.165, 1.54) is 0 Å². The molecule has 1 saturated carbocycles. The summed E-state index contributed by atoms with van der Waals surface area (Å²) in [6.07, 6.45) is -0.143. The summed E-state index contributed by atoms with van der Waals surface area (Å²) < 4.78 is 35.6. The average molecular weight is 546 g/mol. The van der Waals surface area contributed by atoms with Crippen LogP contribution in [-0.2, 0) is 20.3 Å². The first-order chi connectivity index (χ1) is 17.9. The maximum atomic E-state index is 14.5. The molecule has 0 radical (unpaired) electrons. The minimum atomic E-state index is -2.14. The Hall–Kier alpha value is -2.77. The molecule has 2 aliphatic rings. The van der Waals surface area contributed by atoms with Gasteiger partial charge in [-0.2, -0.15) is 5.26 Å². The Morgan fingerprint density at radius 3 is 2.53 bits per heavy atom. The highest BCUT2D eigenvalue weighted by Crippen LogP contribution is 2.44. The number of thiol groups is 1. The lowest BCUT2D eigenvalue weighted by Crippen LogP contribution is -2.43. The molecular formula is C28H40FN5O3S. The van der Waals surface area contributed by atoms with E-state index in [0.29, 0.717) is 41.7 Å². The Balaban J connectivity index is 1.67. The summed E-state index contributed by atoms with van der Waals surface area (Å²) in [6.45, 7) is 9.20. The summed E-state index contributed by atoms with van der Waals surface area (Å²) in [5, 5.41) is 11.9. The second kappa shape index (κ2) is 11.1. The molecule has 1 aromatic heterocycles. The van der Waals surface area contributed by atoms with E-state index in [-0.39, 0.29) is 23.7 Å². The Bertz CT molecular complexity index is 1230. The molecule has 208 valence electrons. The fourth-order valence-corrected chi connectivity index (χ4v) is 7.01. The third-order valence-corrected chi connectivity index (χ3v) is 10.2. The van der Waals surface area contributed by atoms with E-state index in [2.05, 4.69) is 14.6 Å². The third-order valence-electron chi connectivity index (χ3n) is 7.64. The summed E-state index contributed by atoms with van der Waals surface area (Å²) in [5.74, 6) is 1.29. The Kier molecular flexibility index (Phi) is 8.29. The highest BCUT2D eigenvalue weighted by atomic mass is 32.3. The van der Waals surface area contributed by atoms with Crippen LogP contribution in [0.5, 0.6) is 0 Å². The molecule has 0 spiro atoms. The Labute approximate surface area is 225 Å². The van der Waals surface area contributed by atoms with E-state index < -0.39 is 28.2 Å². The number of hydrogen-bond donors (Lipinski definition) is 3. The number of carbonyl (C=O) groups excluding carboxylic acids is 1. The van der Waals surface area contributed by atoms with E-state index >= 15 is 0 Å². The highest BCUT2D eigenvalue weighted by Gasteiger charge is 2.40. The topological polar surface area (TPSA) is 115 Å². The Morgan fingerprint density at radius 1 is 1.29 bits per heavy atom. The number of nitriles is 1. The van der Waals surface area contributed by atoms with Crippen molar-refractivity contribution < 1.29 is 18.2 Å². The lowest BCUT2D eigenvalue weighted by molar-refractivity contribution is -0.127. The molecular weight excluding hydrogens is 505 g/mol. The molecule has 1 aromatic carbocycles. The minimum absolute atomic E-state index is 0.0960. The predicted molar refractivity (Wildman–Crippen MR) is 151 cm³/mol. The molecule has 2 aromatic rings. The highest BCUT2D eigenvalue weighted by molar-refractivity contribution is 8.00. The zero-order valence-corrected chi connectivity index (χ0v) is 23.8. The third kappa shape index (κ3) is 6.10. The van der Waals surface area contributed by atoms with Crippen LogP contribution < -0.4 is 10.2 Å². The van der Waals surface area contributed by atoms with Gasteiger partial charge >= 0.3 is 0 Å². The first-order valence-corrected chi connectivity index (χ1v) is 15.4. The number of amides is 1. The van der Waals surface area contributed by atoms with E-state index in [0.717, 1.165) is 24.3 Å². The molecule has 10 heteroatoms. The number of rotatable bonds is 5. The van der Waals surface area contributed by atoms with Gasteiger partial charge in [0.25, 0.3) is 0 Å². The van der Waals surface area contributed by atoms with E-state index in [9.17, 15) is 19.0 Å². The normalized spacial score (nSPS) is 25.2. The summed E-state index contributed by atoms with van der Waals surface area (Å²) in [7, 11) is -0.436. The predicted octanol–water partition coefficient (Wildman–Crippen LogP) is 4.88. The molecule has 8 nitrogen and oxygen atoms in total. The fourth-order valence-electron chi connectivity index (χ4n) is 5.27. The number of aromatic nitrogens is 1. The minimum Gasteiger partial charge on any atom is -0.440 e. The smallest absolute Gasteiger partial charge is 0.224 e. The van der Waals surface area contributed by atoms with Crippen LogP contribution in [0.25, 0.3) is 11.3 Å². The number of nitrogens with one attached hydrogen (secondary N) is 1. The van der Waals surface area contributed by atoms with Crippen LogP contribution in [0.1, 0.15) is 64.5 Å². The Morgan fingerprint density at radius 2 is 1.95 bits per heavy atom. The summed E-state index contributed by atoms with van der Waals surface area (Å²) in [4.78, 5) is 20.3. The molecule has 2 heterocycles. The van der Waals surface area contributed by atoms with Gasteiger partial charge in [-0.25, -0.2) is 9.37 Å². The molecule has 0 bridgehead atoms. The number of hydrogen-bond acceptors (Lipinski definition) is 6. The van der Waals surface area contributed by atoms with Gasteiger partial charge in [0.15, 0.2) is 5.76 Å². The maximum absolute atomic E-state index is 14.5. The summed E-state index contributed by atoms with van der Waals surface area (Å²) in [5.41, 5.74) is 2.24. The molecule has 2 N–H and O–H groups in total. The maximum Gasteiger partial charge on any atom is 0.224 e.